The second kappa shape index (κ2) is 11.3. The Morgan fingerprint density at radius 1 is 1.07 bits per heavy atom. The lowest BCUT2D eigenvalue weighted by molar-refractivity contribution is -0.113. The highest BCUT2D eigenvalue weighted by atomic mass is 32.2. The number of hydrogen-bond acceptors (Lipinski definition) is 6. The molecule has 214 valence electrons. The molecule has 0 amide bonds. The van der Waals surface area contributed by atoms with Gasteiger partial charge in [-0.25, -0.2) is 8.60 Å². The minimum absolute atomic E-state index is 0.0408. The molecule has 1 saturated carbocycles. The molecule has 1 unspecified atom stereocenters. The number of anilines is 1. The first-order chi connectivity index (χ1) is 19.2. The number of benzene rings is 3. The van der Waals surface area contributed by atoms with Crippen molar-refractivity contribution in [1.82, 2.24) is 5.32 Å². The standard InChI is InChI=1S/C32H34FN3O4S/c1-19(35-32(2,3)4)21-8-9-23(12-25-14-27(33)24(17-29(25)38)13-26(37)18-34)28(15-21)36-41(5,40)31-11-10-22(16-30(31)39)20-6-7-20/h8-11,14-17,20,35,38-39H,1,5-7,12-13H2,2-4H3,(H,36,40). The van der Waals surface area contributed by atoms with E-state index in [9.17, 15) is 23.6 Å². The van der Waals surface area contributed by atoms with Crippen molar-refractivity contribution in [2.24, 2.45) is 0 Å². The molecule has 41 heavy (non-hydrogen) atoms. The maximum absolute atomic E-state index is 14.8. The van der Waals surface area contributed by atoms with E-state index in [2.05, 4.69) is 22.5 Å². The minimum Gasteiger partial charge on any atom is -0.508 e. The zero-order valence-electron chi connectivity index (χ0n) is 23.4. The van der Waals surface area contributed by atoms with E-state index in [0.29, 0.717) is 28.4 Å². The molecule has 0 radical (unpaired) electrons. The van der Waals surface area contributed by atoms with Crippen molar-refractivity contribution in [3.05, 3.63) is 88.7 Å². The number of ketones is 1. The molecular weight excluding hydrogens is 541 g/mol. The molecule has 0 aliphatic heterocycles. The Morgan fingerprint density at radius 3 is 2.39 bits per heavy atom. The second-order valence-corrected chi connectivity index (χ2v) is 13.5. The largest absolute Gasteiger partial charge is 0.508 e. The summed E-state index contributed by atoms with van der Waals surface area (Å²) in [4.78, 5) is 11.6. The van der Waals surface area contributed by atoms with E-state index in [1.54, 1.807) is 24.3 Å². The summed E-state index contributed by atoms with van der Waals surface area (Å²) in [5.41, 5.74) is 3.16. The summed E-state index contributed by atoms with van der Waals surface area (Å²) in [7, 11) is -3.25. The van der Waals surface area contributed by atoms with Crippen LogP contribution in [0.5, 0.6) is 11.5 Å². The molecule has 1 aliphatic carbocycles. The van der Waals surface area contributed by atoms with Gasteiger partial charge in [-0.2, -0.15) is 5.26 Å². The Labute approximate surface area is 240 Å². The molecule has 4 rings (SSSR count). The maximum Gasteiger partial charge on any atom is 0.236 e. The number of carbonyl (C=O) groups is 1. The van der Waals surface area contributed by atoms with Crippen molar-refractivity contribution < 1.29 is 23.6 Å². The van der Waals surface area contributed by atoms with Crippen LogP contribution in [0.25, 0.3) is 5.70 Å². The molecule has 1 atom stereocenters. The van der Waals surface area contributed by atoms with E-state index in [1.165, 1.54) is 6.07 Å². The third-order valence-electron chi connectivity index (χ3n) is 6.75. The number of phenolic OH excluding ortho intramolecular Hbond substituents is 2. The van der Waals surface area contributed by atoms with Gasteiger partial charge in [0.15, 0.2) is 0 Å². The van der Waals surface area contributed by atoms with Crippen LogP contribution in [0.2, 0.25) is 0 Å². The van der Waals surface area contributed by atoms with Crippen LogP contribution >= 0.6 is 0 Å². The van der Waals surface area contributed by atoms with Crippen molar-refractivity contribution >= 4 is 32.7 Å². The molecular formula is C32H34FN3O4S. The predicted molar refractivity (Wildman–Crippen MR) is 161 cm³/mol. The molecule has 1 aliphatic rings. The van der Waals surface area contributed by atoms with Crippen LogP contribution in [0.1, 0.15) is 67.3 Å². The Hall–Kier alpha value is -4.29. The number of carbonyl (C=O) groups excluding carboxylic acids is 1. The SMILES string of the molecule is C=C(NC(C)(C)C)c1ccc(Cc2cc(F)c(CC(=O)C#N)cc2O)c(NS(=C)(=O)c2ccc(C3CC3)cc2O)c1. The highest BCUT2D eigenvalue weighted by Gasteiger charge is 2.25. The first-order valence-electron chi connectivity index (χ1n) is 13.2. The zero-order valence-corrected chi connectivity index (χ0v) is 24.2. The third kappa shape index (κ3) is 7.27. The molecule has 0 bridgehead atoms. The van der Waals surface area contributed by atoms with E-state index < -0.39 is 27.7 Å². The van der Waals surface area contributed by atoms with Crippen molar-refractivity contribution in [1.29, 1.82) is 5.26 Å². The highest BCUT2D eigenvalue weighted by molar-refractivity contribution is 8.01. The first-order valence-corrected chi connectivity index (χ1v) is 14.9. The lowest BCUT2D eigenvalue weighted by atomic mass is 9.97. The topological polar surface area (TPSA) is 122 Å². The second-order valence-electron chi connectivity index (χ2n) is 11.5. The van der Waals surface area contributed by atoms with Gasteiger partial charge in [0.05, 0.1) is 20.3 Å². The van der Waals surface area contributed by atoms with Crippen LogP contribution in [-0.2, 0) is 27.3 Å². The fourth-order valence-electron chi connectivity index (χ4n) is 4.60. The Morgan fingerprint density at radius 2 is 1.78 bits per heavy atom. The lowest BCUT2D eigenvalue weighted by Crippen LogP contribution is -2.33. The Balaban J connectivity index is 1.72. The number of nitrogens with zero attached hydrogens (tertiary/aromatic N) is 1. The van der Waals surface area contributed by atoms with Crippen LogP contribution < -0.4 is 10.0 Å². The van der Waals surface area contributed by atoms with Gasteiger partial charge in [0.2, 0.25) is 5.78 Å². The van der Waals surface area contributed by atoms with Gasteiger partial charge in [0, 0.05) is 29.6 Å². The van der Waals surface area contributed by atoms with Crippen molar-refractivity contribution in [2.45, 2.75) is 62.8 Å². The van der Waals surface area contributed by atoms with Crippen molar-refractivity contribution in [2.75, 3.05) is 4.72 Å². The van der Waals surface area contributed by atoms with E-state index >= 15 is 0 Å². The number of halogens is 1. The van der Waals surface area contributed by atoms with Gasteiger partial charge < -0.3 is 20.3 Å². The number of rotatable bonds is 10. The number of phenols is 2. The Bertz CT molecular complexity index is 1680. The monoisotopic (exact) mass is 575 g/mol. The quantitative estimate of drug-likeness (QED) is 0.179. The average Bonchev–Trinajstić information content (AvgIpc) is 3.72. The lowest BCUT2D eigenvalue weighted by Gasteiger charge is -2.25. The summed E-state index contributed by atoms with van der Waals surface area (Å²) in [6, 6.07) is 14.1. The van der Waals surface area contributed by atoms with Gasteiger partial charge in [0.25, 0.3) is 0 Å². The van der Waals surface area contributed by atoms with Crippen LogP contribution in [0.15, 0.2) is 60.0 Å². The van der Waals surface area contributed by atoms with Crippen molar-refractivity contribution in [3.63, 3.8) is 0 Å². The van der Waals surface area contributed by atoms with Gasteiger partial charge in [-0.05, 0) is 98.0 Å². The number of nitrogens with one attached hydrogen (secondary N) is 2. The molecule has 7 nitrogen and oxygen atoms in total. The molecule has 3 aromatic carbocycles. The maximum atomic E-state index is 14.8. The van der Waals surface area contributed by atoms with Crippen LogP contribution in [0, 0.1) is 17.1 Å². The summed E-state index contributed by atoms with van der Waals surface area (Å²) < 4.78 is 31.7. The van der Waals surface area contributed by atoms with E-state index in [-0.39, 0.29) is 39.5 Å². The first kappa shape index (κ1) is 29.7. The van der Waals surface area contributed by atoms with Crippen molar-refractivity contribution in [3.8, 4) is 17.6 Å². The number of aromatic hydroxyl groups is 2. The summed E-state index contributed by atoms with van der Waals surface area (Å²) in [5, 5.41) is 33.4. The fourth-order valence-corrected chi connectivity index (χ4v) is 5.94. The number of hydrogen-bond donors (Lipinski definition) is 4. The molecule has 1 fully saturated rings. The minimum atomic E-state index is -3.25. The van der Waals surface area contributed by atoms with Crippen LogP contribution in [-0.4, -0.2) is 31.6 Å². The molecule has 0 saturated heterocycles. The zero-order chi connectivity index (χ0) is 30.1. The smallest absolute Gasteiger partial charge is 0.236 e. The molecule has 0 heterocycles. The number of nitriles is 1. The molecule has 3 aromatic rings. The van der Waals surface area contributed by atoms with E-state index in [1.807, 2.05) is 32.9 Å². The van der Waals surface area contributed by atoms with Crippen LogP contribution in [0.3, 0.4) is 0 Å². The molecule has 0 spiro atoms. The summed E-state index contributed by atoms with van der Waals surface area (Å²) >= 11 is 0. The molecule has 9 heteroatoms. The van der Waals surface area contributed by atoms with E-state index in [4.69, 9.17) is 5.26 Å². The van der Waals surface area contributed by atoms with Gasteiger partial charge in [-0.15, -0.1) is 0 Å². The molecule has 4 N–H and O–H groups in total. The summed E-state index contributed by atoms with van der Waals surface area (Å²) in [6.45, 7) is 10.1. The van der Waals surface area contributed by atoms with Crippen LogP contribution in [0.4, 0.5) is 10.1 Å². The summed E-state index contributed by atoms with van der Waals surface area (Å²) in [6.07, 6.45) is 1.71. The fraction of sp³-hybridized carbons (Fsp3) is 0.281. The average molecular weight is 576 g/mol. The van der Waals surface area contributed by atoms with Gasteiger partial charge in [-0.3, -0.25) is 4.79 Å². The highest BCUT2D eigenvalue weighted by Crippen LogP contribution is 2.42. The Kier molecular flexibility index (Phi) is 8.18. The molecule has 0 aromatic heterocycles. The third-order valence-corrected chi connectivity index (χ3v) is 8.36. The van der Waals surface area contributed by atoms with Gasteiger partial charge in [-0.1, -0.05) is 24.8 Å². The predicted octanol–water partition coefficient (Wildman–Crippen LogP) is 5.80. The normalized spacial score (nSPS) is 14.5. The van der Waals surface area contributed by atoms with Gasteiger partial charge in [0.1, 0.15) is 23.4 Å². The number of Topliss-reactive ketones (excluding diaryl/α,β-unsaturated/α-hetero) is 1. The van der Waals surface area contributed by atoms with Gasteiger partial charge >= 0.3 is 0 Å². The van der Waals surface area contributed by atoms with E-state index in [0.717, 1.165) is 30.5 Å². The summed E-state index contributed by atoms with van der Waals surface area (Å²) in [5.74, 6) is 2.41.